The van der Waals surface area contributed by atoms with Crippen molar-refractivity contribution in [2.24, 2.45) is 11.8 Å². The smallest absolute Gasteiger partial charge is 0.313 e. The largest absolute Gasteiger partial charge is 0.490 e. The second-order valence-corrected chi connectivity index (χ2v) is 5.06. The molecule has 1 aromatic carbocycles. The summed E-state index contributed by atoms with van der Waals surface area (Å²) in [5.74, 6) is -2.48. The zero-order valence-corrected chi connectivity index (χ0v) is 11.6. The first-order valence-electron chi connectivity index (χ1n) is 6.34. The second-order valence-electron chi connectivity index (χ2n) is 5.06. The first-order valence-corrected chi connectivity index (χ1v) is 6.34. The van der Waals surface area contributed by atoms with Gasteiger partial charge in [0, 0.05) is 19.2 Å². The van der Waals surface area contributed by atoms with Crippen molar-refractivity contribution >= 4 is 17.3 Å². The van der Waals surface area contributed by atoms with Crippen LogP contribution in [0, 0.1) is 27.8 Å². The quantitative estimate of drug-likeness (QED) is 0.674. The van der Waals surface area contributed by atoms with Gasteiger partial charge in [-0.3, -0.25) is 14.9 Å². The number of anilines is 1. The molecule has 0 radical (unpaired) electrons. The molecule has 1 aromatic rings. The lowest BCUT2D eigenvalue weighted by atomic mass is 9.99. The number of nitrogens with zero attached hydrogens (tertiary/aromatic N) is 2. The number of carbonyl (C=O) groups is 1. The lowest BCUT2D eigenvalue weighted by Crippen LogP contribution is -2.23. The summed E-state index contributed by atoms with van der Waals surface area (Å²) in [4.78, 5) is 22.8. The molecule has 2 rings (SSSR count). The molecule has 7 nitrogen and oxygen atoms in total. The number of hydrogen-bond acceptors (Lipinski definition) is 5. The Hall–Kier alpha value is -2.38. The van der Waals surface area contributed by atoms with E-state index in [0.717, 1.165) is 6.07 Å². The predicted octanol–water partition coefficient (Wildman–Crippen LogP) is 1.90. The van der Waals surface area contributed by atoms with E-state index in [1.165, 1.54) is 13.2 Å². The van der Waals surface area contributed by atoms with E-state index in [1.807, 2.05) is 0 Å². The summed E-state index contributed by atoms with van der Waals surface area (Å²) in [7, 11) is 1.26. The average molecular weight is 298 g/mol. The van der Waals surface area contributed by atoms with Gasteiger partial charge in [0.1, 0.15) is 0 Å². The number of benzene rings is 1. The van der Waals surface area contributed by atoms with Crippen molar-refractivity contribution in [3.63, 3.8) is 0 Å². The van der Waals surface area contributed by atoms with Crippen LogP contribution in [0.3, 0.4) is 0 Å². The fourth-order valence-electron chi connectivity index (χ4n) is 2.57. The third-order valence-corrected chi connectivity index (χ3v) is 3.72. The number of carboxylic acid groups (broad SMARTS) is 1. The Morgan fingerprint density at radius 3 is 2.67 bits per heavy atom. The molecule has 1 saturated heterocycles. The number of nitro groups is 1. The van der Waals surface area contributed by atoms with Gasteiger partial charge < -0.3 is 14.7 Å². The number of ether oxygens (including phenoxy) is 1. The molecule has 2 atom stereocenters. The summed E-state index contributed by atoms with van der Waals surface area (Å²) < 4.78 is 19.0. The van der Waals surface area contributed by atoms with Crippen LogP contribution in [0.2, 0.25) is 0 Å². The summed E-state index contributed by atoms with van der Waals surface area (Å²) in [6.07, 6.45) is 0. The summed E-state index contributed by atoms with van der Waals surface area (Å²) in [6, 6.07) is 2.04. The van der Waals surface area contributed by atoms with Crippen molar-refractivity contribution in [1.29, 1.82) is 0 Å². The highest BCUT2D eigenvalue weighted by molar-refractivity contribution is 5.73. The Morgan fingerprint density at radius 1 is 1.52 bits per heavy atom. The number of carboxylic acids is 1. The molecule has 114 valence electrons. The van der Waals surface area contributed by atoms with E-state index in [0.29, 0.717) is 6.54 Å². The molecule has 0 saturated carbocycles. The maximum absolute atomic E-state index is 14.1. The maximum atomic E-state index is 14.1. The van der Waals surface area contributed by atoms with Crippen LogP contribution in [0.25, 0.3) is 0 Å². The highest BCUT2D eigenvalue weighted by Gasteiger charge is 2.36. The Kier molecular flexibility index (Phi) is 3.97. The summed E-state index contributed by atoms with van der Waals surface area (Å²) in [6.45, 7) is 2.31. The van der Waals surface area contributed by atoms with E-state index in [9.17, 15) is 19.3 Å². The van der Waals surface area contributed by atoms with Crippen molar-refractivity contribution in [3.8, 4) is 5.75 Å². The Balaban J connectivity index is 2.37. The topological polar surface area (TPSA) is 92.9 Å². The van der Waals surface area contributed by atoms with Gasteiger partial charge in [0.2, 0.25) is 0 Å². The van der Waals surface area contributed by atoms with E-state index < -0.39 is 28.3 Å². The van der Waals surface area contributed by atoms with Gasteiger partial charge in [-0.15, -0.1) is 0 Å². The summed E-state index contributed by atoms with van der Waals surface area (Å²) in [5, 5.41) is 19.9. The van der Waals surface area contributed by atoms with Gasteiger partial charge in [-0.2, -0.15) is 0 Å². The van der Waals surface area contributed by atoms with Gasteiger partial charge in [0.15, 0.2) is 11.6 Å². The van der Waals surface area contributed by atoms with E-state index in [4.69, 9.17) is 9.84 Å². The number of methoxy groups -OCH3 is 1. The Morgan fingerprint density at radius 2 is 2.19 bits per heavy atom. The zero-order chi connectivity index (χ0) is 15.7. The van der Waals surface area contributed by atoms with Crippen LogP contribution >= 0.6 is 0 Å². The lowest BCUT2D eigenvalue weighted by Gasteiger charge is -2.19. The maximum Gasteiger partial charge on any atom is 0.313 e. The molecule has 8 heteroatoms. The fourth-order valence-corrected chi connectivity index (χ4v) is 2.57. The van der Waals surface area contributed by atoms with Crippen LogP contribution in [-0.2, 0) is 4.79 Å². The molecule has 0 amide bonds. The van der Waals surface area contributed by atoms with Crippen LogP contribution in [0.5, 0.6) is 5.75 Å². The molecular weight excluding hydrogens is 283 g/mol. The van der Waals surface area contributed by atoms with Crippen LogP contribution in [0.1, 0.15) is 6.92 Å². The van der Waals surface area contributed by atoms with E-state index >= 15 is 0 Å². The van der Waals surface area contributed by atoms with Gasteiger partial charge in [-0.25, -0.2) is 4.39 Å². The van der Waals surface area contributed by atoms with Crippen LogP contribution in [-0.4, -0.2) is 36.2 Å². The van der Waals surface area contributed by atoms with Gasteiger partial charge in [-0.05, 0) is 5.92 Å². The normalized spacial score (nSPS) is 21.4. The molecule has 21 heavy (non-hydrogen) atoms. The molecule has 0 aliphatic carbocycles. The van der Waals surface area contributed by atoms with Gasteiger partial charge >= 0.3 is 11.7 Å². The minimum atomic E-state index is -0.931. The highest BCUT2D eigenvalue weighted by Crippen LogP contribution is 2.37. The minimum absolute atomic E-state index is 0.0529. The Bertz CT molecular complexity index is 592. The van der Waals surface area contributed by atoms with Crippen LogP contribution in [0.4, 0.5) is 15.8 Å². The summed E-state index contributed by atoms with van der Waals surface area (Å²) in [5.41, 5.74) is -0.339. The number of hydrogen-bond donors (Lipinski definition) is 1. The molecule has 1 N–H and O–H groups in total. The molecule has 1 fully saturated rings. The van der Waals surface area contributed by atoms with Crippen molar-refractivity contribution in [2.75, 3.05) is 25.1 Å². The fraction of sp³-hybridized carbons (Fsp3) is 0.462. The molecule has 1 heterocycles. The number of rotatable bonds is 4. The van der Waals surface area contributed by atoms with Crippen molar-refractivity contribution in [2.45, 2.75) is 6.92 Å². The predicted molar refractivity (Wildman–Crippen MR) is 72.1 cm³/mol. The number of aliphatic carboxylic acids is 1. The van der Waals surface area contributed by atoms with Crippen molar-refractivity contribution < 1.29 is 24.0 Å². The second kappa shape index (κ2) is 5.55. The molecule has 0 unspecified atom stereocenters. The molecule has 1 aliphatic heterocycles. The van der Waals surface area contributed by atoms with Crippen molar-refractivity contribution in [1.82, 2.24) is 0 Å². The monoisotopic (exact) mass is 298 g/mol. The SMILES string of the molecule is COc1cc(N2C[C@@H](C)[C@H](C(=O)O)C2)c(F)cc1[N+](=O)[O-]. The molecule has 0 spiro atoms. The summed E-state index contributed by atoms with van der Waals surface area (Å²) >= 11 is 0. The first-order chi connectivity index (χ1) is 9.85. The minimum Gasteiger partial charge on any atom is -0.490 e. The molecule has 1 aliphatic rings. The average Bonchev–Trinajstić information content (AvgIpc) is 2.80. The van der Waals surface area contributed by atoms with Gasteiger partial charge in [0.25, 0.3) is 0 Å². The molecular formula is C13H15FN2O5. The van der Waals surface area contributed by atoms with Crippen LogP contribution in [0.15, 0.2) is 12.1 Å². The van der Waals surface area contributed by atoms with Crippen molar-refractivity contribution in [3.05, 3.63) is 28.1 Å². The standard InChI is InChI=1S/C13H15FN2O5/c1-7-5-15(6-8(7)13(17)18)10-4-12(21-2)11(16(19)20)3-9(10)14/h3-4,7-8H,5-6H2,1-2H3,(H,17,18)/t7-,8-/m1/s1. The van der Waals surface area contributed by atoms with Gasteiger partial charge in [-0.1, -0.05) is 6.92 Å². The zero-order valence-electron chi connectivity index (χ0n) is 11.6. The molecule has 0 bridgehead atoms. The van der Waals surface area contributed by atoms with E-state index in [-0.39, 0.29) is 23.9 Å². The Labute approximate surface area is 120 Å². The first kappa shape index (κ1) is 15.0. The third kappa shape index (κ3) is 2.74. The lowest BCUT2D eigenvalue weighted by molar-refractivity contribution is -0.385. The van der Waals surface area contributed by atoms with E-state index in [1.54, 1.807) is 11.8 Å². The van der Waals surface area contributed by atoms with Gasteiger partial charge in [0.05, 0.1) is 29.7 Å². The van der Waals surface area contributed by atoms with Crippen LogP contribution < -0.4 is 9.64 Å². The molecule has 0 aromatic heterocycles. The highest BCUT2D eigenvalue weighted by atomic mass is 19.1. The third-order valence-electron chi connectivity index (χ3n) is 3.72. The number of nitro benzene ring substituents is 1. The number of halogens is 1. The van der Waals surface area contributed by atoms with E-state index in [2.05, 4.69) is 0 Å².